The Morgan fingerprint density at radius 1 is 1.36 bits per heavy atom. The summed E-state index contributed by atoms with van der Waals surface area (Å²) in [5, 5.41) is 14.9. The van der Waals surface area contributed by atoms with Crippen LogP contribution in [-0.2, 0) is 21.4 Å². The smallest absolute Gasteiger partial charge is 0.371 e. The number of sulfonamides is 1. The van der Waals surface area contributed by atoms with Crippen molar-refractivity contribution in [2.24, 2.45) is 0 Å². The largest absolute Gasteiger partial charge is 0.475 e. The molecule has 1 aliphatic rings. The first-order valence-electron chi connectivity index (χ1n) is 7.53. The van der Waals surface area contributed by atoms with Gasteiger partial charge in [0.2, 0.25) is 16.8 Å². The number of nitrogens with one attached hydrogen (secondary N) is 1. The summed E-state index contributed by atoms with van der Waals surface area (Å²) in [5.41, 5.74) is 0.947. The summed E-state index contributed by atoms with van der Waals surface area (Å²) in [6, 6.07) is 3.22. The van der Waals surface area contributed by atoms with Crippen LogP contribution in [0.15, 0.2) is 38.5 Å². The van der Waals surface area contributed by atoms with Crippen LogP contribution in [0.2, 0.25) is 0 Å². The van der Waals surface area contributed by atoms with Crippen LogP contribution in [0.25, 0.3) is 0 Å². The van der Waals surface area contributed by atoms with Gasteiger partial charge in [-0.05, 0) is 47.4 Å². The molecule has 0 saturated carbocycles. The normalized spacial score (nSPS) is 18.3. The third-order valence-electron chi connectivity index (χ3n) is 3.91. The van der Waals surface area contributed by atoms with Crippen molar-refractivity contribution >= 4 is 33.2 Å². The Balaban J connectivity index is 1.75. The van der Waals surface area contributed by atoms with Crippen LogP contribution in [0, 0.1) is 0 Å². The Morgan fingerprint density at radius 2 is 2.16 bits per heavy atom. The highest BCUT2D eigenvalue weighted by molar-refractivity contribution is 7.89. The molecule has 1 fully saturated rings. The van der Waals surface area contributed by atoms with E-state index in [1.54, 1.807) is 0 Å². The molecule has 3 rings (SSSR count). The molecular formula is C15H16N2O6S2. The highest BCUT2D eigenvalue weighted by atomic mass is 32.2. The Kier molecular flexibility index (Phi) is 4.93. The molecule has 1 aliphatic heterocycles. The Labute approximate surface area is 148 Å². The number of carbonyl (C=O) groups excluding carboxylic acids is 1. The topological polar surface area (TPSA) is 117 Å². The summed E-state index contributed by atoms with van der Waals surface area (Å²) in [5.74, 6) is -2.19. The molecule has 2 N–H and O–H groups in total. The highest BCUT2D eigenvalue weighted by Gasteiger charge is 2.41. The SMILES string of the molecule is O=C(O)c1ccc(S(=O)(=O)N2CCCC2C(=O)NCc2ccsc2)o1. The van der Waals surface area contributed by atoms with Gasteiger partial charge in [-0.15, -0.1) is 0 Å². The first-order chi connectivity index (χ1) is 11.9. The average Bonchev–Trinajstić information content (AvgIpc) is 3.33. The lowest BCUT2D eigenvalue weighted by atomic mass is 10.2. The molecule has 1 atom stereocenters. The van der Waals surface area contributed by atoms with Crippen LogP contribution in [0.3, 0.4) is 0 Å². The van der Waals surface area contributed by atoms with Gasteiger partial charge >= 0.3 is 5.97 Å². The first-order valence-corrected chi connectivity index (χ1v) is 9.91. The summed E-state index contributed by atoms with van der Waals surface area (Å²) in [7, 11) is -4.07. The molecule has 25 heavy (non-hydrogen) atoms. The maximum absolute atomic E-state index is 12.7. The number of carbonyl (C=O) groups is 2. The molecule has 10 heteroatoms. The molecule has 0 spiro atoms. The maximum Gasteiger partial charge on any atom is 0.371 e. The number of amides is 1. The predicted molar refractivity (Wildman–Crippen MR) is 88.7 cm³/mol. The van der Waals surface area contributed by atoms with E-state index in [2.05, 4.69) is 5.32 Å². The number of carboxylic acids is 1. The van der Waals surface area contributed by atoms with Crippen molar-refractivity contribution in [2.75, 3.05) is 6.54 Å². The molecule has 2 aromatic heterocycles. The van der Waals surface area contributed by atoms with E-state index in [1.807, 2.05) is 16.8 Å². The first kappa shape index (κ1) is 17.6. The van der Waals surface area contributed by atoms with Crippen molar-refractivity contribution in [1.29, 1.82) is 0 Å². The van der Waals surface area contributed by atoms with Crippen LogP contribution < -0.4 is 5.32 Å². The lowest BCUT2D eigenvalue weighted by molar-refractivity contribution is -0.124. The van der Waals surface area contributed by atoms with Crippen LogP contribution in [0.4, 0.5) is 0 Å². The third kappa shape index (κ3) is 3.60. The molecule has 0 radical (unpaired) electrons. The number of nitrogens with zero attached hydrogens (tertiary/aromatic N) is 1. The van der Waals surface area contributed by atoms with Crippen LogP contribution in [0.1, 0.15) is 29.0 Å². The predicted octanol–water partition coefficient (Wildman–Crippen LogP) is 1.51. The minimum atomic E-state index is -4.07. The highest BCUT2D eigenvalue weighted by Crippen LogP contribution is 2.27. The minimum Gasteiger partial charge on any atom is -0.475 e. The standard InChI is InChI=1S/C15H16N2O6S2/c18-14(16-8-10-5-7-24-9-10)11-2-1-6-17(11)25(21,22)13-4-3-12(23-13)15(19)20/h3-5,7,9,11H,1-2,6,8H2,(H,16,18)(H,19,20). The maximum atomic E-state index is 12.7. The fraction of sp³-hybridized carbons (Fsp3) is 0.333. The molecular weight excluding hydrogens is 368 g/mol. The number of hydrogen-bond donors (Lipinski definition) is 2. The average molecular weight is 384 g/mol. The van der Waals surface area contributed by atoms with Crippen molar-refractivity contribution in [3.05, 3.63) is 40.3 Å². The van der Waals surface area contributed by atoms with E-state index in [-0.39, 0.29) is 12.5 Å². The zero-order chi connectivity index (χ0) is 18.0. The number of rotatable bonds is 6. The second-order valence-electron chi connectivity index (χ2n) is 5.55. The van der Waals surface area contributed by atoms with Crippen LogP contribution in [-0.4, -0.2) is 42.3 Å². The number of aromatic carboxylic acids is 1. The number of furan rings is 1. The molecule has 8 nitrogen and oxygen atoms in total. The second-order valence-corrected chi connectivity index (χ2v) is 8.15. The fourth-order valence-corrected chi connectivity index (χ4v) is 4.92. The van der Waals surface area contributed by atoms with Gasteiger partial charge < -0.3 is 14.8 Å². The number of hydrogen-bond acceptors (Lipinski definition) is 6. The molecule has 3 heterocycles. The molecule has 134 valence electrons. The van der Waals surface area contributed by atoms with Gasteiger partial charge in [-0.1, -0.05) is 0 Å². The number of carboxylic acid groups (broad SMARTS) is 1. The van der Waals surface area contributed by atoms with Crippen molar-refractivity contribution < 1.29 is 27.5 Å². The molecule has 1 saturated heterocycles. The summed E-state index contributed by atoms with van der Waals surface area (Å²) in [4.78, 5) is 23.3. The summed E-state index contributed by atoms with van der Waals surface area (Å²) >= 11 is 1.51. The van der Waals surface area contributed by atoms with Gasteiger partial charge in [-0.25, -0.2) is 13.2 Å². The summed E-state index contributed by atoms with van der Waals surface area (Å²) in [6.07, 6.45) is 0.948. The molecule has 1 amide bonds. The van der Waals surface area contributed by atoms with Crippen molar-refractivity contribution in [3.63, 3.8) is 0 Å². The Morgan fingerprint density at radius 3 is 2.80 bits per heavy atom. The molecule has 1 unspecified atom stereocenters. The fourth-order valence-electron chi connectivity index (χ4n) is 2.68. The van der Waals surface area contributed by atoms with Gasteiger partial charge in [0.05, 0.1) is 0 Å². The van der Waals surface area contributed by atoms with Gasteiger partial charge in [0.15, 0.2) is 0 Å². The van der Waals surface area contributed by atoms with Crippen LogP contribution >= 0.6 is 11.3 Å². The molecule has 2 aromatic rings. The quantitative estimate of drug-likeness (QED) is 0.780. The second kappa shape index (κ2) is 6.98. The summed E-state index contributed by atoms with van der Waals surface area (Å²) < 4.78 is 31.3. The van der Waals surface area contributed by atoms with E-state index in [1.165, 1.54) is 11.3 Å². The lowest BCUT2D eigenvalue weighted by Gasteiger charge is -2.22. The van der Waals surface area contributed by atoms with Gasteiger partial charge in [-0.2, -0.15) is 15.6 Å². The van der Waals surface area contributed by atoms with Crippen LogP contribution in [0.5, 0.6) is 0 Å². The third-order valence-corrected chi connectivity index (χ3v) is 6.42. The molecule has 0 bridgehead atoms. The van der Waals surface area contributed by atoms with Gasteiger partial charge in [0, 0.05) is 13.1 Å². The monoisotopic (exact) mass is 384 g/mol. The van der Waals surface area contributed by atoms with Gasteiger partial charge in [0.1, 0.15) is 6.04 Å². The van der Waals surface area contributed by atoms with Crippen molar-refractivity contribution in [1.82, 2.24) is 9.62 Å². The number of thiophene rings is 1. The zero-order valence-corrected chi connectivity index (χ0v) is 14.7. The summed E-state index contributed by atoms with van der Waals surface area (Å²) in [6.45, 7) is 0.513. The lowest BCUT2D eigenvalue weighted by Crippen LogP contribution is -2.45. The van der Waals surface area contributed by atoms with E-state index in [0.717, 1.165) is 22.0 Å². The zero-order valence-electron chi connectivity index (χ0n) is 13.0. The minimum absolute atomic E-state index is 0.183. The van der Waals surface area contributed by atoms with Gasteiger partial charge in [-0.3, -0.25) is 4.79 Å². The van der Waals surface area contributed by atoms with Crippen molar-refractivity contribution in [3.8, 4) is 0 Å². The Bertz CT molecular complexity index is 872. The van der Waals surface area contributed by atoms with Gasteiger partial charge in [0.25, 0.3) is 10.0 Å². The molecule has 0 aliphatic carbocycles. The van der Waals surface area contributed by atoms with E-state index in [9.17, 15) is 18.0 Å². The molecule has 0 aromatic carbocycles. The van der Waals surface area contributed by atoms with E-state index < -0.39 is 32.9 Å². The van der Waals surface area contributed by atoms with E-state index in [0.29, 0.717) is 19.4 Å². The van der Waals surface area contributed by atoms with Crippen molar-refractivity contribution in [2.45, 2.75) is 30.5 Å². The Hall–Kier alpha value is -2.17. The van der Waals surface area contributed by atoms with E-state index >= 15 is 0 Å². The van der Waals surface area contributed by atoms with E-state index in [4.69, 9.17) is 9.52 Å².